The lowest BCUT2D eigenvalue weighted by Crippen LogP contribution is -1.98. The van der Waals surface area contributed by atoms with Gasteiger partial charge < -0.3 is 9.47 Å². The zero-order valence-electron chi connectivity index (χ0n) is 25.7. The Kier molecular flexibility index (Phi) is 20.4. The molecule has 2 aromatic rings. The van der Waals surface area contributed by atoms with E-state index in [4.69, 9.17) is 9.47 Å². The number of unbranched alkanes of at least 4 members (excludes halogenated alkanes) is 18. The van der Waals surface area contributed by atoms with Crippen LogP contribution < -0.4 is 9.47 Å². The van der Waals surface area contributed by atoms with E-state index in [1.165, 1.54) is 127 Å². The molecule has 0 N–H and O–H groups in total. The van der Waals surface area contributed by atoms with E-state index in [1.807, 2.05) is 0 Å². The molecule has 0 fully saturated rings. The van der Waals surface area contributed by atoms with Crippen molar-refractivity contribution in [1.29, 1.82) is 0 Å². The number of benzene rings is 2. The third-order valence-corrected chi connectivity index (χ3v) is 7.79. The van der Waals surface area contributed by atoms with Crippen molar-refractivity contribution in [2.75, 3.05) is 13.2 Å². The first-order valence-electron chi connectivity index (χ1n) is 16.7. The molecule has 0 heterocycles. The van der Waals surface area contributed by atoms with Crippen molar-refractivity contribution < 1.29 is 9.47 Å². The zero-order valence-corrected chi connectivity index (χ0v) is 25.7. The summed E-state index contributed by atoms with van der Waals surface area (Å²) in [7, 11) is 0. The Bertz CT molecular complexity index is 713. The van der Waals surface area contributed by atoms with E-state index >= 15 is 0 Å². The van der Waals surface area contributed by atoms with E-state index in [2.05, 4.69) is 62.4 Å². The van der Waals surface area contributed by atoms with Gasteiger partial charge in [0.1, 0.15) is 11.5 Å². The van der Waals surface area contributed by atoms with Crippen molar-refractivity contribution in [3.63, 3.8) is 0 Å². The Morgan fingerprint density at radius 3 is 0.949 bits per heavy atom. The van der Waals surface area contributed by atoms with Crippen LogP contribution in [0.5, 0.6) is 11.5 Å². The van der Waals surface area contributed by atoms with E-state index in [1.54, 1.807) is 0 Å². The van der Waals surface area contributed by atoms with E-state index in [0.29, 0.717) is 0 Å². The molecule has 2 nitrogen and oxygen atoms in total. The van der Waals surface area contributed by atoms with Gasteiger partial charge >= 0.3 is 0 Å². The second kappa shape index (κ2) is 23.9. The molecule has 2 rings (SSSR count). The predicted molar refractivity (Wildman–Crippen MR) is 170 cm³/mol. The quantitative estimate of drug-likeness (QED) is 0.111. The lowest BCUT2D eigenvalue weighted by atomic mass is 10.0. The van der Waals surface area contributed by atoms with Gasteiger partial charge in [0.05, 0.1) is 13.2 Å². The molecule has 0 amide bonds. The summed E-state index contributed by atoms with van der Waals surface area (Å²) in [5, 5.41) is 0. The predicted octanol–water partition coefficient (Wildman–Crippen LogP) is 11.9. The molecular weight excluding hydrogens is 476 g/mol. The van der Waals surface area contributed by atoms with E-state index in [-0.39, 0.29) is 0 Å². The molecule has 0 aliphatic rings. The zero-order chi connectivity index (χ0) is 27.6. The van der Waals surface area contributed by atoms with E-state index in [0.717, 1.165) is 44.0 Å². The summed E-state index contributed by atoms with van der Waals surface area (Å²) in [6, 6.07) is 17.3. The van der Waals surface area contributed by atoms with Gasteiger partial charge in [-0.05, 0) is 54.7 Å². The van der Waals surface area contributed by atoms with Gasteiger partial charge in [0.25, 0.3) is 0 Å². The fourth-order valence-electron chi connectivity index (χ4n) is 5.20. The SMILES string of the molecule is CCCCCCCCCCCCOc1ccc(Cc2ccc(OCCCCCCCCCCCC)cc2)cc1. The maximum atomic E-state index is 5.97. The third-order valence-electron chi connectivity index (χ3n) is 7.79. The lowest BCUT2D eigenvalue weighted by molar-refractivity contribution is 0.304. The monoisotopic (exact) mass is 536 g/mol. The van der Waals surface area contributed by atoms with Gasteiger partial charge in [-0.1, -0.05) is 154 Å². The lowest BCUT2D eigenvalue weighted by Gasteiger charge is -2.09. The third kappa shape index (κ3) is 18.1. The van der Waals surface area contributed by atoms with Crippen LogP contribution in [0.3, 0.4) is 0 Å². The Balaban J connectivity index is 1.48. The van der Waals surface area contributed by atoms with Gasteiger partial charge in [0.15, 0.2) is 0 Å². The summed E-state index contributed by atoms with van der Waals surface area (Å²) >= 11 is 0. The molecule has 0 bridgehead atoms. The number of ether oxygens (including phenoxy) is 2. The molecule has 0 spiro atoms. The Morgan fingerprint density at radius 2 is 0.641 bits per heavy atom. The Labute approximate surface area is 242 Å². The maximum Gasteiger partial charge on any atom is 0.119 e. The first-order chi connectivity index (χ1) is 19.3. The van der Waals surface area contributed by atoms with Crippen LogP contribution in [0.2, 0.25) is 0 Å². The van der Waals surface area contributed by atoms with Gasteiger partial charge in [0.2, 0.25) is 0 Å². The van der Waals surface area contributed by atoms with Crippen LogP contribution in [0.1, 0.15) is 153 Å². The molecule has 0 atom stereocenters. The van der Waals surface area contributed by atoms with Crippen molar-refractivity contribution >= 4 is 0 Å². The minimum Gasteiger partial charge on any atom is -0.494 e. The summed E-state index contributed by atoms with van der Waals surface area (Å²) in [5.74, 6) is 1.98. The smallest absolute Gasteiger partial charge is 0.119 e. The van der Waals surface area contributed by atoms with Crippen LogP contribution in [0.4, 0.5) is 0 Å². The minimum atomic E-state index is 0.830. The average molecular weight is 537 g/mol. The second-order valence-corrected chi connectivity index (χ2v) is 11.5. The highest BCUT2D eigenvalue weighted by atomic mass is 16.5. The fourth-order valence-corrected chi connectivity index (χ4v) is 5.20. The van der Waals surface area contributed by atoms with E-state index in [9.17, 15) is 0 Å². The maximum absolute atomic E-state index is 5.97. The number of rotatable bonds is 26. The molecule has 2 heteroatoms. The molecule has 220 valence electrons. The first-order valence-corrected chi connectivity index (χ1v) is 16.7. The van der Waals surface area contributed by atoms with Gasteiger partial charge in [0, 0.05) is 0 Å². The van der Waals surface area contributed by atoms with Crippen molar-refractivity contribution in [3.05, 3.63) is 59.7 Å². The first kappa shape index (κ1) is 33.2. The minimum absolute atomic E-state index is 0.830. The van der Waals surface area contributed by atoms with Crippen LogP contribution in [0.25, 0.3) is 0 Å². The molecule has 0 aliphatic carbocycles. The Hall–Kier alpha value is -1.96. The largest absolute Gasteiger partial charge is 0.494 e. The molecule has 0 unspecified atom stereocenters. The van der Waals surface area contributed by atoms with Crippen molar-refractivity contribution in [2.45, 2.75) is 149 Å². The van der Waals surface area contributed by atoms with Gasteiger partial charge in [-0.2, -0.15) is 0 Å². The highest BCUT2D eigenvalue weighted by molar-refractivity contribution is 5.34. The van der Waals surface area contributed by atoms with Crippen LogP contribution in [-0.4, -0.2) is 13.2 Å². The summed E-state index contributed by atoms with van der Waals surface area (Å²) in [5.41, 5.74) is 2.64. The van der Waals surface area contributed by atoms with E-state index < -0.39 is 0 Å². The second-order valence-electron chi connectivity index (χ2n) is 11.5. The molecule has 0 radical (unpaired) electrons. The van der Waals surface area contributed by atoms with Crippen LogP contribution in [-0.2, 0) is 6.42 Å². The molecule has 0 saturated carbocycles. The molecule has 0 aromatic heterocycles. The summed E-state index contributed by atoms with van der Waals surface area (Å²) < 4.78 is 11.9. The van der Waals surface area contributed by atoms with Gasteiger partial charge in [-0.25, -0.2) is 0 Å². The number of hydrogen-bond acceptors (Lipinski definition) is 2. The number of hydrogen-bond donors (Lipinski definition) is 0. The van der Waals surface area contributed by atoms with Crippen molar-refractivity contribution in [2.24, 2.45) is 0 Å². The topological polar surface area (TPSA) is 18.5 Å². The standard InChI is InChI=1S/C37H60O2/c1-3-5-7-9-11-13-15-17-19-21-31-38-36-27-23-34(24-28-36)33-35-25-29-37(30-26-35)39-32-22-20-18-16-14-12-10-8-6-4-2/h23-30H,3-22,31-33H2,1-2H3. The summed E-state index contributed by atoms with van der Waals surface area (Å²) in [6.45, 7) is 6.23. The highest BCUT2D eigenvalue weighted by Crippen LogP contribution is 2.19. The summed E-state index contributed by atoms with van der Waals surface area (Å²) in [4.78, 5) is 0. The fraction of sp³-hybridized carbons (Fsp3) is 0.676. The van der Waals surface area contributed by atoms with Crippen molar-refractivity contribution in [3.8, 4) is 11.5 Å². The Morgan fingerprint density at radius 1 is 0.359 bits per heavy atom. The van der Waals surface area contributed by atoms with Crippen LogP contribution in [0.15, 0.2) is 48.5 Å². The molecule has 0 aliphatic heterocycles. The average Bonchev–Trinajstić information content (AvgIpc) is 2.96. The highest BCUT2D eigenvalue weighted by Gasteiger charge is 2.01. The normalized spacial score (nSPS) is 11.1. The summed E-state index contributed by atoms with van der Waals surface area (Å²) in [6.07, 6.45) is 28.1. The van der Waals surface area contributed by atoms with Crippen molar-refractivity contribution in [1.82, 2.24) is 0 Å². The molecular formula is C37H60O2. The van der Waals surface area contributed by atoms with Gasteiger partial charge in [-0.3, -0.25) is 0 Å². The molecule has 0 saturated heterocycles. The molecule has 2 aromatic carbocycles. The molecule has 39 heavy (non-hydrogen) atoms. The van der Waals surface area contributed by atoms with Crippen LogP contribution in [0, 0.1) is 0 Å². The van der Waals surface area contributed by atoms with Gasteiger partial charge in [-0.15, -0.1) is 0 Å². The van der Waals surface area contributed by atoms with Crippen LogP contribution >= 0.6 is 0 Å².